The second-order valence-corrected chi connectivity index (χ2v) is 13.4. The van der Waals surface area contributed by atoms with E-state index >= 15 is 0 Å². The van der Waals surface area contributed by atoms with Crippen LogP contribution >= 0.6 is 0 Å². The first-order valence-electron chi connectivity index (χ1n) is 17.6. The van der Waals surface area contributed by atoms with Gasteiger partial charge in [0.25, 0.3) is 5.91 Å². The van der Waals surface area contributed by atoms with Crippen molar-refractivity contribution in [3.63, 3.8) is 0 Å². The van der Waals surface area contributed by atoms with Gasteiger partial charge in [-0.2, -0.15) is 13.2 Å². The van der Waals surface area contributed by atoms with Crippen molar-refractivity contribution < 1.29 is 27.4 Å². The summed E-state index contributed by atoms with van der Waals surface area (Å²) >= 11 is 0. The van der Waals surface area contributed by atoms with E-state index in [1.165, 1.54) is 16.6 Å². The topological polar surface area (TPSA) is 107 Å². The van der Waals surface area contributed by atoms with Crippen LogP contribution in [0.5, 0.6) is 5.75 Å². The summed E-state index contributed by atoms with van der Waals surface area (Å²) < 4.78 is 52.3. The van der Waals surface area contributed by atoms with E-state index in [2.05, 4.69) is 49.6 Å². The van der Waals surface area contributed by atoms with Crippen molar-refractivity contribution >= 4 is 22.9 Å². The maximum absolute atomic E-state index is 14.1. The van der Waals surface area contributed by atoms with Gasteiger partial charge in [-0.3, -0.25) is 4.79 Å². The Morgan fingerprint density at radius 1 is 0.942 bits per heavy atom. The highest BCUT2D eigenvalue weighted by Gasteiger charge is 2.42. The number of carbonyl (C=O) groups excluding carboxylic acids is 1. The molecule has 274 valence electrons. The Morgan fingerprint density at radius 2 is 1.77 bits per heavy atom. The summed E-state index contributed by atoms with van der Waals surface area (Å²) in [6, 6.07) is 23.5. The van der Waals surface area contributed by atoms with E-state index in [0.29, 0.717) is 30.1 Å². The normalized spacial score (nSPS) is 18.6. The van der Waals surface area contributed by atoms with Gasteiger partial charge in [-0.05, 0) is 78.7 Å². The molecule has 0 spiro atoms. The number of aromatic nitrogens is 6. The Bertz CT molecular complexity index is 1950. The number of fused-ring (bicyclic) bond motifs is 1. The highest BCUT2D eigenvalue weighted by molar-refractivity contribution is 5.98. The van der Waals surface area contributed by atoms with Crippen molar-refractivity contribution in [1.29, 1.82) is 0 Å². The average Bonchev–Trinajstić information content (AvgIpc) is 3.89. The number of imidazole rings is 1. The number of rotatable bonds is 12. The number of tetrazole rings is 1. The first-order valence-corrected chi connectivity index (χ1v) is 17.6. The maximum Gasteiger partial charge on any atom is 0.411 e. The van der Waals surface area contributed by atoms with Crippen LogP contribution in [0.15, 0.2) is 79.1 Å². The summed E-state index contributed by atoms with van der Waals surface area (Å²) in [5.41, 5.74) is 3.80. The van der Waals surface area contributed by atoms with Crippen LogP contribution in [0.25, 0.3) is 16.7 Å². The molecular formula is C37H42F3N9O3. The SMILES string of the molecule is COc1ccc(-n2cnnn2)cc1C(=O)N1CCC(CCN2CCCN(c3nc4ccccc4n3CCOCC(F)(F)F)CC2)(c2ccccc2)C1. The molecule has 12 nitrogen and oxygen atoms in total. The number of halogens is 3. The zero-order valence-electron chi connectivity index (χ0n) is 29.1. The third-order valence-electron chi connectivity index (χ3n) is 10.2. The molecular weight excluding hydrogens is 675 g/mol. The van der Waals surface area contributed by atoms with Gasteiger partial charge in [-0.1, -0.05) is 42.5 Å². The van der Waals surface area contributed by atoms with E-state index in [1.54, 1.807) is 19.2 Å². The van der Waals surface area contributed by atoms with Gasteiger partial charge >= 0.3 is 6.18 Å². The Labute approximate surface area is 299 Å². The molecule has 0 radical (unpaired) electrons. The summed E-state index contributed by atoms with van der Waals surface area (Å²) in [4.78, 5) is 25.7. The molecule has 3 aromatic carbocycles. The number of amides is 1. The molecule has 0 bridgehead atoms. The zero-order chi connectivity index (χ0) is 36.1. The number of nitrogens with zero attached hydrogens (tertiary/aromatic N) is 9. The van der Waals surface area contributed by atoms with E-state index in [9.17, 15) is 18.0 Å². The van der Waals surface area contributed by atoms with E-state index < -0.39 is 12.8 Å². The molecule has 1 amide bonds. The van der Waals surface area contributed by atoms with E-state index in [4.69, 9.17) is 14.5 Å². The van der Waals surface area contributed by atoms with Gasteiger partial charge in [0.05, 0.1) is 36.0 Å². The molecule has 1 atom stereocenters. The fraction of sp³-hybridized carbons (Fsp3) is 0.432. The van der Waals surface area contributed by atoms with Crippen molar-refractivity contribution in [3.8, 4) is 11.4 Å². The summed E-state index contributed by atoms with van der Waals surface area (Å²) in [7, 11) is 1.56. The van der Waals surface area contributed by atoms with Gasteiger partial charge in [0.2, 0.25) is 5.95 Å². The molecule has 2 fully saturated rings. The number of ether oxygens (including phenoxy) is 2. The third kappa shape index (κ3) is 7.75. The second kappa shape index (κ2) is 15.3. The predicted octanol–water partition coefficient (Wildman–Crippen LogP) is 4.99. The molecule has 2 saturated heterocycles. The van der Waals surface area contributed by atoms with Gasteiger partial charge in [0, 0.05) is 44.7 Å². The summed E-state index contributed by atoms with van der Waals surface area (Å²) in [6.07, 6.45) is -0.261. The van der Waals surface area contributed by atoms with Gasteiger partial charge in [-0.15, -0.1) is 5.10 Å². The molecule has 0 saturated carbocycles. The summed E-state index contributed by atoms with van der Waals surface area (Å²) in [5, 5.41) is 11.4. The standard InChI is InChI=1S/C37H42F3N9O3/c1-51-33-13-12-29(49-27-41-43-44-49)24-30(33)34(50)47-19-15-36(25-47,28-8-3-2-4-9-28)14-18-45-16-7-17-46(21-20-45)35-42-31-10-5-6-11-32(31)48(35)22-23-52-26-37(38,39)40/h2-6,8-13,24,27H,7,14-23,25-26H2,1H3. The van der Waals surface area contributed by atoms with Crippen molar-refractivity contribution in [1.82, 2.24) is 39.6 Å². The first kappa shape index (κ1) is 35.4. The molecule has 0 aliphatic carbocycles. The lowest BCUT2D eigenvalue weighted by Crippen LogP contribution is -2.39. The number of alkyl halides is 3. The fourth-order valence-electron chi connectivity index (χ4n) is 7.51. The molecule has 52 heavy (non-hydrogen) atoms. The number of para-hydroxylation sites is 2. The molecule has 15 heteroatoms. The lowest BCUT2D eigenvalue weighted by atomic mass is 9.76. The van der Waals surface area contributed by atoms with Crippen LogP contribution in [0.3, 0.4) is 0 Å². The minimum atomic E-state index is -4.36. The molecule has 0 N–H and O–H groups in total. The highest BCUT2D eigenvalue weighted by atomic mass is 19.4. The molecule has 1 unspecified atom stereocenters. The van der Waals surface area contributed by atoms with Crippen molar-refractivity contribution in [3.05, 3.63) is 90.3 Å². The highest BCUT2D eigenvalue weighted by Crippen LogP contribution is 2.39. The number of likely N-dealkylation sites (tertiary alicyclic amines) is 1. The third-order valence-corrected chi connectivity index (χ3v) is 10.2. The van der Waals surface area contributed by atoms with Crippen LogP contribution in [0.4, 0.5) is 19.1 Å². The van der Waals surface area contributed by atoms with Crippen LogP contribution in [0.1, 0.15) is 35.2 Å². The van der Waals surface area contributed by atoms with Crippen LogP contribution in [-0.4, -0.2) is 118 Å². The molecule has 2 aliphatic heterocycles. The number of hydrogen-bond donors (Lipinski definition) is 0. The quantitative estimate of drug-likeness (QED) is 0.165. The largest absolute Gasteiger partial charge is 0.496 e. The first-order chi connectivity index (χ1) is 25.2. The van der Waals surface area contributed by atoms with Crippen molar-refractivity contribution in [2.24, 2.45) is 0 Å². The van der Waals surface area contributed by atoms with Crippen molar-refractivity contribution in [2.45, 2.75) is 37.4 Å². The minimum Gasteiger partial charge on any atom is -0.496 e. The Morgan fingerprint density at radius 3 is 2.56 bits per heavy atom. The molecule has 2 aliphatic rings. The van der Waals surface area contributed by atoms with E-state index in [-0.39, 0.29) is 24.5 Å². The average molecular weight is 718 g/mol. The minimum absolute atomic E-state index is 0.0641. The second-order valence-electron chi connectivity index (χ2n) is 13.4. The zero-order valence-corrected chi connectivity index (χ0v) is 29.1. The Kier molecular flexibility index (Phi) is 10.4. The van der Waals surface area contributed by atoms with Gasteiger partial charge in [-0.25, -0.2) is 9.67 Å². The molecule has 4 heterocycles. The van der Waals surface area contributed by atoms with E-state index in [1.807, 2.05) is 45.9 Å². The smallest absolute Gasteiger partial charge is 0.411 e. The molecule has 5 aromatic rings. The Hall–Kier alpha value is -5.02. The Balaban J connectivity index is 1.04. The van der Waals surface area contributed by atoms with Crippen LogP contribution < -0.4 is 9.64 Å². The number of hydrogen-bond acceptors (Lipinski definition) is 9. The molecule has 2 aromatic heterocycles. The summed E-state index contributed by atoms with van der Waals surface area (Å²) in [6.45, 7) is 4.20. The van der Waals surface area contributed by atoms with Crippen LogP contribution in [0, 0.1) is 0 Å². The van der Waals surface area contributed by atoms with Gasteiger partial charge in [0.15, 0.2) is 0 Å². The van der Waals surface area contributed by atoms with E-state index in [0.717, 1.165) is 69.0 Å². The van der Waals surface area contributed by atoms with Crippen molar-refractivity contribution in [2.75, 3.05) is 71.0 Å². The number of methoxy groups -OCH3 is 1. The molecule has 7 rings (SSSR count). The maximum atomic E-state index is 14.1. The predicted molar refractivity (Wildman–Crippen MR) is 189 cm³/mol. The fourth-order valence-corrected chi connectivity index (χ4v) is 7.51. The number of carbonyl (C=O) groups is 1. The van der Waals surface area contributed by atoms with Crippen LogP contribution in [-0.2, 0) is 16.7 Å². The van der Waals surface area contributed by atoms with Crippen LogP contribution in [0.2, 0.25) is 0 Å². The number of anilines is 1. The number of benzene rings is 3. The monoisotopic (exact) mass is 717 g/mol. The lowest BCUT2D eigenvalue weighted by molar-refractivity contribution is -0.174. The summed E-state index contributed by atoms with van der Waals surface area (Å²) in [5.74, 6) is 1.15. The van der Waals surface area contributed by atoms with Gasteiger partial charge < -0.3 is 28.7 Å². The van der Waals surface area contributed by atoms with Gasteiger partial charge in [0.1, 0.15) is 18.7 Å². The lowest BCUT2D eigenvalue weighted by Gasteiger charge is -2.33.